The number of nitrogens with zero attached hydrogens (tertiary/aromatic N) is 3. The fourth-order valence-corrected chi connectivity index (χ4v) is 2.95. The summed E-state index contributed by atoms with van der Waals surface area (Å²) in [6.07, 6.45) is 1.69. The first-order valence-corrected chi connectivity index (χ1v) is 7.68. The zero-order valence-corrected chi connectivity index (χ0v) is 13.4. The lowest BCUT2D eigenvalue weighted by Crippen LogP contribution is -2.49. The summed E-state index contributed by atoms with van der Waals surface area (Å²) in [7, 11) is 0. The second-order valence-corrected chi connectivity index (χ2v) is 5.93. The van der Waals surface area contributed by atoms with E-state index in [2.05, 4.69) is 47.1 Å². The molecule has 2 aromatic rings. The minimum Gasteiger partial charge on any atom is -0.368 e. The molecule has 0 radical (unpaired) electrons. The van der Waals surface area contributed by atoms with Crippen LogP contribution in [0.25, 0.3) is 0 Å². The molecule has 1 aromatic heterocycles. The number of rotatable bonds is 2. The van der Waals surface area contributed by atoms with Gasteiger partial charge < -0.3 is 9.80 Å². The molecule has 5 nitrogen and oxygen atoms in total. The van der Waals surface area contributed by atoms with Crippen LogP contribution in [0, 0.1) is 20.8 Å². The lowest BCUT2D eigenvalue weighted by molar-refractivity contribution is 0.0740. The predicted molar refractivity (Wildman–Crippen MR) is 87.4 cm³/mol. The molecule has 1 aromatic carbocycles. The number of benzene rings is 1. The molecule has 0 spiro atoms. The standard InChI is InChI=1S/C17H22N4O/c1-12-5-4-6-15(14(12)3)20-7-9-21(10-8-20)17(22)16-13(2)11-18-19-16/h4-6,11H,7-10H2,1-3H3,(H,18,19). The largest absolute Gasteiger partial charge is 0.368 e. The lowest BCUT2D eigenvalue weighted by atomic mass is 10.1. The van der Waals surface area contributed by atoms with Gasteiger partial charge in [-0.3, -0.25) is 9.89 Å². The zero-order chi connectivity index (χ0) is 15.7. The first kappa shape index (κ1) is 14.6. The third kappa shape index (κ3) is 2.58. The number of aromatic amines is 1. The van der Waals surface area contributed by atoms with E-state index in [0.29, 0.717) is 5.69 Å². The highest BCUT2D eigenvalue weighted by Gasteiger charge is 2.24. The number of carbonyl (C=O) groups is 1. The van der Waals surface area contributed by atoms with Gasteiger partial charge in [-0.15, -0.1) is 0 Å². The van der Waals surface area contributed by atoms with Gasteiger partial charge in [0.15, 0.2) is 0 Å². The maximum absolute atomic E-state index is 12.5. The summed E-state index contributed by atoms with van der Waals surface area (Å²) in [5.41, 5.74) is 5.43. The van der Waals surface area contributed by atoms with E-state index in [4.69, 9.17) is 0 Å². The first-order chi connectivity index (χ1) is 10.6. The van der Waals surface area contributed by atoms with E-state index in [1.54, 1.807) is 6.20 Å². The Morgan fingerprint density at radius 1 is 1.09 bits per heavy atom. The fraction of sp³-hybridized carbons (Fsp3) is 0.412. The number of aromatic nitrogens is 2. The number of aryl methyl sites for hydroxylation is 2. The van der Waals surface area contributed by atoms with Gasteiger partial charge in [0, 0.05) is 31.9 Å². The van der Waals surface area contributed by atoms with Crippen molar-refractivity contribution in [1.29, 1.82) is 0 Å². The Hall–Kier alpha value is -2.30. The van der Waals surface area contributed by atoms with Crippen molar-refractivity contribution in [2.45, 2.75) is 20.8 Å². The Labute approximate surface area is 130 Å². The molecule has 22 heavy (non-hydrogen) atoms. The summed E-state index contributed by atoms with van der Waals surface area (Å²) >= 11 is 0. The maximum Gasteiger partial charge on any atom is 0.272 e. The van der Waals surface area contributed by atoms with E-state index in [-0.39, 0.29) is 5.91 Å². The molecule has 0 aliphatic carbocycles. The average Bonchev–Trinajstić information content (AvgIpc) is 2.96. The van der Waals surface area contributed by atoms with Crippen molar-refractivity contribution in [3.63, 3.8) is 0 Å². The maximum atomic E-state index is 12.5. The van der Waals surface area contributed by atoms with E-state index in [1.165, 1.54) is 16.8 Å². The van der Waals surface area contributed by atoms with Crippen LogP contribution in [-0.2, 0) is 0 Å². The van der Waals surface area contributed by atoms with Crippen molar-refractivity contribution in [2.24, 2.45) is 0 Å². The molecule has 1 aliphatic rings. The Morgan fingerprint density at radius 2 is 1.82 bits per heavy atom. The lowest BCUT2D eigenvalue weighted by Gasteiger charge is -2.37. The van der Waals surface area contributed by atoms with Gasteiger partial charge in [0.1, 0.15) is 5.69 Å². The van der Waals surface area contributed by atoms with Crippen LogP contribution in [0.4, 0.5) is 5.69 Å². The summed E-state index contributed by atoms with van der Waals surface area (Å²) < 4.78 is 0. The average molecular weight is 298 g/mol. The van der Waals surface area contributed by atoms with Crippen molar-refractivity contribution in [3.05, 3.63) is 46.8 Å². The minimum atomic E-state index is 0.0515. The minimum absolute atomic E-state index is 0.0515. The molecule has 5 heteroatoms. The number of hydrogen-bond acceptors (Lipinski definition) is 3. The van der Waals surface area contributed by atoms with Gasteiger partial charge in [-0.25, -0.2) is 0 Å². The molecule has 1 fully saturated rings. The third-order valence-corrected chi connectivity index (χ3v) is 4.53. The van der Waals surface area contributed by atoms with Gasteiger partial charge in [-0.1, -0.05) is 12.1 Å². The van der Waals surface area contributed by atoms with Crippen LogP contribution < -0.4 is 4.90 Å². The van der Waals surface area contributed by atoms with E-state index < -0.39 is 0 Å². The van der Waals surface area contributed by atoms with Crippen LogP contribution in [0.1, 0.15) is 27.2 Å². The van der Waals surface area contributed by atoms with Gasteiger partial charge >= 0.3 is 0 Å². The number of carbonyl (C=O) groups excluding carboxylic acids is 1. The van der Waals surface area contributed by atoms with Crippen LogP contribution >= 0.6 is 0 Å². The van der Waals surface area contributed by atoms with Gasteiger partial charge in [0.2, 0.25) is 0 Å². The quantitative estimate of drug-likeness (QED) is 0.925. The number of amides is 1. The predicted octanol–water partition coefficient (Wildman–Crippen LogP) is 2.30. The summed E-state index contributed by atoms with van der Waals surface area (Å²) in [4.78, 5) is 16.8. The molecule has 3 rings (SSSR count). The number of piperazine rings is 1. The molecule has 0 unspecified atom stereocenters. The fourth-order valence-electron chi connectivity index (χ4n) is 2.95. The molecule has 0 bridgehead atoms. The second kappa shape index (κ2) is 5.83. The molecule has 2 heterocycles. The third-order valence-electron chi connectivity index (χ3n) is 4.53. The molecular weight excluding hydrogens is 276 g/mol. The zero-order valence-electron chi connectivity index (χ0n) is 13.4. The normalized spacial score (nSPS) is 15.2. The smallest absolute Gasteiger partial charge is 0.272 e. The van der Waals surface area contributed by atoms with Gasteiger partial charge in [-0.05, 0) is 43.5 Å². The van der Waals surface area contributed by atoms with E-state index in [0.717, 1.165) is 31.7 Å². The highest BCUT2D eigenvalue weighted by molar-refractivity contribution is 5.93. The number of nitrogens with one attached hydrogen (secondary N) is 1. The monoisotopic (exact) mass is 298 g/mol. The second-order valence-electron chi connectivity index (χ2n) is 5.93. The summed E-state index contributed by atoms with van der Waals surface area (Å²) in [6.45, 7) is 9.42. The molecule has 1 N–H and O–H groups in total. The summed E-state index contributed by atoms with van der Waals surface area (Å²) in [5, 5.41) is 6.75. The topological polar surface area (TPSA) is 52.2 Å². The van der Waals surface area contributed by atoms with Crippen LogP contribution in [-0.4, -0.2) is 47.2 Å². The number of hydrogen-bond donors (Lipinski definition) is 1. The van der Waals surface area contributed by atoms with Crippen LogP contribution in [0.3, 0.4) is 0 Å². The molecular formula is C17H22N4O. The summed E-state index contributed by atoms with van der Waals surface area (Å²) in [6, 6.07) is 6.40. The highest BCUT2D eigenvalue weighted by atomic mass is 16.2. The highest BCUT2D eigenvalue weighted by Crippen LogP contribution is 2.24. The SMILES string of the molecule is Cc1cn[nH]c1C(=O)N1CCN(c2cccc(C)c2C)CC1. The number of anilines is 1. The molecule has 0 atom stereocenters. The van der Waals surface area contributed by atoms with E-state index in [9.17, 15) is 4.79 Å². The van der Waals surface area contributed by atoms with Gasteiger partial charge in [0.05, 0.1) is 6.20 Å². The molecule has 1 saturated heterocycles. The Bertz CT molecular complexity index is 684. The Kier molecular flexibility index (Phi) is 3.88. The van der Waals surface area contributed by atoms with Crippen LogP contribution in [0.15, 0.2) is 24.4 Å². The number of H-pyrrole nitrogens is 1. The van der Waals surface area contributed by atoms with Crippen LogP contribution in [0.2, 0.25) is 0 Å². The van der Waals surface area contributed by atoms with Crippen LogP contribution in [0.5, 0.6) is 0 Å². The van der Waals surface area contributed by atoms with Crippen molar-refractivity contribution >= 4 is 11.6 Å². The Balaban J connectivity index is 1.69. The van der Waals surface area contributed by atoms with Crippen molar-refractivity contribution in [3.8, 4) is 0 Å². The first-order valence-electron chi connectivity index (χ1n) is 7.68. The molecule has 116 valence electrons. The molecule has 0 saturated carbocycles. The summed E-state index contributed by atoms with van der Waals surface area (Å²) in [5.74, 6) is 0.0515. The Morgan fingerprint density at radius 3 is 2.45 bits per heavy atom. The van der Waals surface area contributed by atoms with E-state index in [1.807, 2.05) is 11.8 Å². The van der Waals surface area contributed by atoms with Crippen molar-refractivity contribution in [1.82, 2.24) is 15.1 Å². The van der Waals surface area contributed by atoms with Crippen molar-refractivity contribution in [2.75, 3.05) is 31.1 Å². The van der Waals surface area contributed by atoms with Gasteiger partial charge in [-0.2, -0.15) is 5.10 Å². The van der Waals surface area contributed by atoms with E-state index >= 15 is 0 Å². The van der Waals surface area contributed by atoms with Gasteiger partial charge in [0.25, 0.3) is 5.91 Å². The van der Waals surface area contributed by atoms with Crippen molar-refractivity contribution < 1.29 is 4.79 Å². The molecule has 1 aliphatic heterocycles. The molecule has 1 amide bonds.